The van der Waals surface area contributed by atoms with Gasteiger partial charge in [-0.1, -0.05) is 91.0 Å². The standard InChI is InChI=1S/C48H32N4S/c1-29-11-3-4-12-35(29)36-19-21-43-46(30(36)2)39-14-5-8-16-41(39)51(43)33-23-31(32-26-49-28-50-27-32)24-34(25-33)52-42-17-9-6-15-40(42)47-44(52)22-20-38-37-13-7-10-18-45(37)53-48(38)47/h3-28H,1-2H3. The summed E-state index contributed by atoms with van der Waals surface area (Å²) >= 11 is 1.89. The second-order valence-electron chi connectivity index (χ2n) is 14.0. The number of thiophene rings is 1. The van der Waals surface area contributed by atoms with Crippen molar-refractivity contribution in [1.82, 2.24) is 19.1 Å². The first-order valence-corrected chi connectivity index (χ1v) is 18.8. The second-order valence-corrected chi connectivity index (χ2v) is 15.0. The highest BCUT2D eigenvalue weighted by Crippen LogP contribution is 2.45. The minimum atomic E-state index is 0.974. The van der Waals surface area contributed by atoms with Crippen molar-refractivity contribution in [2.24, 2.45) is 0 Å². The molecule has 0 fully saturated rings. The predicted molar refractivity (Wildman–Crippen MR) is 224 cm³/mol. The van der Waals surface area contributed by atoms with Crippen LogP contribution in [-0.2, 0) is 0 Å². The molecule has 0 saturated heterocycles. The van der Waals surface area contributed by atoms with Crippen molar-refractivity contribution >= 4 is 75.1 Å². The molecule has 0 N–H and O–H groups in total. The van der Waals surface area contributed by atoms with Crippen LogP contribution in [0.25, 0.3) is 97.4 Å². The van der Waals surface area contributed by atoms with E-state index in [1.807, 2.05) is 23.7 Å². The minimum Gasteiger partial charge on any atom is -0.309 e. The van der Waals surface area contributed by atoms with Crippen LogP contribution in [0, 0.1) is 13.8 Å². The van der Waals surface area contributed by atoms with Gasteiger partial charge in [-0.3, -0.25) is 0 Å². The average molecular weight is 697 g/mol. The van der Waals surface area contributed by atoms with E-state index in [9.17, 15) is 0 Å². The highest BCUT2D eigenvalue weighted by Gasteiger charge is 2.21. The second kappa shape index (κ2) is 11.5. The molecule has 4 heterocycles. The van der Waals surface area contributed by atoms with Crippen molar-refractivity contribution in [3.63, 3.8) is 0 Å². The average Bonchev–Trinajstić information content (AvgIpc) is 3.86. The quantitative estimate of drug-likeness (QED) is 0.184. The van der Waals surface area contributed by atoms with Crippen molar-refractivity contribution in [2.75, 3.05) is 0 Å². The number of para-hydroxylation sites is 2. The van der Waals surface area contributed by atoms with Crippen molar-refractivity contribution in [3.8, 4) is 33.6 Å². The Balaban J connectivity index is 1.24. The summed E-state index contributed by atoms with van der Waals surface area (Å²) in [5.74, 6) is 0. The van der Waals surface area contributed by atoms with Gasteiger partial charge in [-0.25, -0.2) is 9.97 Å². The number of rotatable bonds is 4. The van der Waals surface area contributed by atoms with Crippen molar-refractivity contribution in [2.45, 2.75) is 13.8 Å². The molecule has 0 radical (unpaired) electrons. The molecular formula is C48H32N4S. The van der Waals surface area contributed by atoms with Gasteiger partial charge in [-0.2, -0.15) is 0 Å². The van der Waals surface area contributed by atoms with E-state index in [1.54, 1.807) is 6.33 Å². The van der Waals surface area contributed by atoms with Crippen LogP contribution in [0.15, 0.2) is 158 Å². The van der Waals surface area contributed by atoms with Crippen LogP contribution in [0.5, 0.6) is 0 Å². The Morgan fingerprint density at radius 1 is 0.472 bits per heavy atom. The van der Waals surface area contributed by atoms with Crippen LogP contribution in [-0.4, -0.2) is 19.1 Å². The first-order valence-electron chi connectivity index (χ1n) is 18.0. The number of hydrogen-bond acceptors (Lipinski definition) is 3. The third-order valence-electron chi connectivity index (χ3n) is 11.0. The summed E-state index contributed by atoms with van der Waals surface area (Å²) in [6.45, 7) is 4.47. The lowest BCUT2D eigenvalue weighted by Crippen LogP contribution is -2.00. The molecule has 5 heteroatoms. The fourth-order valence-electron chi connectivity index (χ4n) is 8.66. The molecule has 11 rings (SSSR count). The van der Waals surface area contributed by atoms with E-state index < -0.39 is 0 Å². The SMILES string of the molecule is Cc1ccccc1-c1ccc2c(c1C)c1ccccc1n2-c1cc(-c2cncnc2)cc(-n2c3ccccc3c3c4sc5ccccc5c4ccc32)c1. The lowest BCUT2D eigenvalue weighted by Gasteiger charge is -2.16. The third kappa shape index (κ3) is 4.41. The maximum Gasteiger partial charge on any atom is 0.115 e. The number of hydrogen-bond donors (Lipinski definition) is 0. The van der Waals surface area contributed by atoms with Crippen molar-refractivity contribution in [3.05, 3.63) is 169 Å². The molecule has 0 spiro atoms. The van der Waals surface area contributed by atoms with Crippen LogP contribution in [0.4, 0.5) is 0 Å². The summed E-state index contributed by atoms with van der Waals surface area (Å²) in [4.78, 5) is 8.87. The normalized spacial score (nSPS) is 12.0. The van der Waals surface area contributed by atoms with E-state index in [0.717, 1.165) is 22.5 Å². The third-order valence-corrected chi connectivity index (χ3v) is 12.2. The van der Waals surface area contributed by atoms with Gasteiger partial charge in [0.1, 0.15) is 6.33 Å². The molecule has 0 unspecified atom stereocenters. The molecule has 0 aliphatic heterocycles. The van der Waals surface area contributed by atoms with Crippen LogP contribution in [0.3, 0.4) is 0 Å². The molecule has 0 atom stereocenters. The maximum atomic E-state index is 4.43. The van der Waals surface area contributed by atoms with E-state index in [2.05, 4.69) is 172 Å². The number of aromatic nitrogens is 4. The lowest BCUT2D eigenvalue weighted by molar-refractivity contribution is 1.13. The zero-order chi connectivity index (χ0) is 35.2. The zero-order valence-corrected chi connectivity index (χ0v) is 30.0. The topological polar surface area (TPSA) is 35.6 Å². The van der Waals surface area contributed by atoms with Gasteiger partial charge >= 0.3 is 0 Å². The smallest absolute Gasteiger partial charge is 0.115 e. The van der Waals surface area contributed by atoms with E-state index in [-0.39, 0.29) is 0 Å². The molecule has 0 aliphatic carbocycles. The Bertz CT molecular complexity index is 3250. The van der Waals surface area contributed by atoms with Gasteiger partial charge in [0, 0.05) is 71.0 Å². The predicted octanol–water partition coefficient (Wildman–Crippen LogP) is 13.0. The Morgan fingerprint density at radius 2 is 1.08 bits per heavy atom. The summed E-state index contributed by atoms with van der Waals surface area (Å²) in [6.07, 6.45) is 5.42. The van der Waals surface area contributed by atoms with Gasteiger partial charge < -0.3 is 9.13 Å². The summed E-state index contributed by atoms with van der Waals surface area (Å²) in [5, 5.41) is 7.70. The Morgan fingerprint density at radius 3 is 1.81 bits per heavy atom. The summed E-state index contributed by atoms with van der Waals surface area (Å²) in [6, 6.07) is 51.3. The van der Waals surface area contributed by atoms with Gasteiger partial charge in [0.15, 0.2) is 0 Å². The molecule has 11 aromatic rings. The number of benzene rings is 7. The molecule has 53 heavy (non-hydrogen) atoms. The monoisotopic (exact) mass is 696 g/mol. The van der Waals surface area contributed by atoms with Crippen LogP contribution >= 0.6 is 11.3 Å². The summed E-state index contributed by atoms with van der Waals surface area (Å²) < 4.78 is 7.52. The number of aryl methyl sites for hydroxylation is 2. The van der Waals surface area contributed by atoms with Crippen LogP contribution in [0.2, 0.25) is 0 Å². The molecule has 0 saturated carbocycles. The molecule has 7 aromatic carbocycles. The number of fused-ring (bicyclic) bond motifs is 10. The lowest BCUT2D eigenvalue weighted by atomic mass is 9.94. The van der Waals surface area contributed by atoms with Gasteiger partial charge in [-0.15, -0.1) is 11.3 Å². The van der Waals surface area contributed by atoms with Crippen molar-refractivity contribution < 1.29 is 0 Å². The highest BCUT2D eigenvalue weighted by atomic mass is 32.1. The fourth-order valence-corrected chi connectivity index (χ4v) is 9.92. The van der Waals surface area contributed by atoms with Gasteiger partial charge in [0.25, 0.3) is 0 Å². The van der Waals surface area contributed by atoms with Gasteiger partial charge in [0.2, 0.25) is 0 Å². The first-order chi connectivity index (χ1) is 26.1. The van der Waals surface area contributed by atoms with E-state index in [1.165, 1.54) is 86.0 Å². The van der Waals surface area contributed by atoms with Crippen molar-refractivity contribution in [1.29, 1.82) is 0 Å². The zero-order valence-electron chi connectivity index (χ0n) is 29.2. The largest absolute Gasteiger partial charge is 0.309 e. The Labute approximate surface area is 309 Å². The first kappa shape index (κ1) is 30.1. The molecule has 0 aliphatic rings. The van der Waals surface area contributed by atoms with E-state index in [4.69, 9.17) is 0 Å². The Kier molecular flexibility index (Phi) is 6.52. The van der Waals surface area contributed by atoms with Gasteiger partial charge in [0.05, 0.1) is 22.1 Å². The molecule has 4 nitrogen and oxygen atoms in total. The highest BCUT2D eigenvalue weighted by molar-refractivity contribution is 7.26. The molecule has 250 valence electrons. The van der Waals surface area contributed by atoms with Crippen LogP contribution in [0.1, 0.15) is 11.1 Å². The minimum absolute atomic E-state index is 0.974. The maximum absolute atomic E-state index is 4.43. The van der Waals surface area contributed by atoms with Crippen LogP contribution < -0.4 is 0 Å². The Hall–Kier alpha value is -6.56. The molecular weight excluding hydrogens is 665 g/mol. The van der Waals surface area contributed by atoms with E-state index >= 15 is 0 Å². The molecule has 0 amide bonds. The number of nitrogens with zero attached hydrogens (tertiary/aromatic N) is 4. The van der Waals surface area contributed by atoms with E-state index in [0.29, 0.717) is 0 Å². The summed E-state index contributed by atoms with van der Waals surface area (Å²) in [5.41, 5.74) is 14.1. The molecule has 4 aromatic heterocycles. The summed E-state index contributed by atoms with van der Waals surface area (Å²) in [7, 11) is 0. The molecule has 0 bridgehead atoms. The fraction of sp³-hybridized carbons (Fsp3) is 0.0417. The van der Waals surface area contributed by atoms with Gasteiger partial charge in [-0.05, 0) is 90.2 Å².